The quantitative estimate of drug-likeness (QED) is 0.664. The summed E-state index contributed by atoms with van der Waals surface area (Å²) < 4.78 is 5.51. The van der Waals surface area contributed by atoms with Crippen molar-refractivity contribution in [3.63, 3.8) is 0 Å². The largest absolute Gasteiger partial charge is 0.491 e. The van der Waals surface area contributed by atoms with Gasteiger partial charge in [-0.3, -0.25) is 0 Å². The van der Waals surface area contributed by atoms with E-state index >= 15 is 0 Å². The van der Waals surface area contributed by atoms with E-state index in [0.29, 0.717) is 0 Å². The number of hydrogen-bond donors (Lipinski definition) is 0. The standard InChI is InChI=1S/C12H15NO/c1-9(2)14-12-7-5-11(6-8-12)10(3)13-4/h5-10H,1-3H3. The normalized spacial score (nSPS) is 12.2. The lowest BCUT2D eigenvalue weighted by molar-refractivity contribution is 0.242. The Balaban J connectivity index is 2.74. The first kappa shape index (κ1) is 10.6. The lowest BCUT2D eigenvalue weighted by Crippen LogP contribution is -2.05. The third-order valence-electron chi connectivity index (χ3n) is 1.93. The molecule has 2 heteroatoms. The van der Waals surface area contributed by atoms with Crippen molar-refractivity contribution in [2.24, 2.45) is 0 Å². The monoisotopic (exact) mass is 189 g/mol. The Hall–Kier alpha value is -1.49. The Bertz CT molecular complexity index is 321. The molecule has 0 amide bonds. The second-order valence-electron chi connectivity index (χ2n) is 3.54. The van der Waals surface area contributed by atoms with Crippen LogP contribution in [0, 0.1) is 6.57 Å². The number of hydrogen-bond acceptors (Lipinski definition) is 1. The van der Waals surface area contributed by atoms with Crippen molar-refractivity contribution in [3.05, 3.63) is 41.2 Å². The smallest absolute Gasteiger partial charge is 0.245 e. The average molecular weight is 189 g/mol. The molecule has 0 aliphatic rings. The van der Waals surface area contributed by atoms with Gasteiger partial charge in [0.2, 0.25) is 6.04 Å². The van der Waals surface area contributed by atoms with Gasteiger partial charge in [0.05, 0.1) is 6.10 Å². The molecular weight excluding hydrogens is 174 g/mol. The van der Waals surface area contributed by atoms with Crippen LogP contribution >= 0.6 is 0 Å². The van der Waals surface area contributed by atoms with Crippen LogP contribution in [-0.4, -0.2) is 6.10 Å². The number of nitrogens with zero attached hydrogens (tertiary/aromatic N) is 1. The van der Waals surface area contributed by atoms with E-state index in [9.17, 15) is 0 Å². The van der Waals surface area contributed by atoms with E-state index in [1.807, 2.05) is 45.0 Å². The third-order valence-corrected chi connectivity index (χ3v) is 1.93. The van der Waals surface area contributed by atoms with Gasteiger partial charge in [0.1, 0.15) is 5.75 Å². The van der Waals surface area contributed by atoms with Crippen LogP contribution in [0.3, 0.4) is 0 Å². The summed E-state index contributed by atoms with van der Waals surface area (Å²) in [4.78, 5) is 3.46. The second kappa shape index (κ2) is 4.66. The maximum absolute atomic E-state index is 6.91. The molecule has 2 nitrogen and oxygen atoms in total. The van der Waals surface area contributed by atoms with Crippen LogP contribution in [0.1, 0.15) is 32.4 Å². The summed E-state index contributed by atoms with van der Waals surface area (Å²) in [6.45, 7) is 12.8. The molecule has 74 valence electrons. The fraction of sp³-hybridized carbons (Fsp3) is 0.417. The zero-order chi connectivity index (χ0) is 10.6. The molecule has 1 atom stereocenters. The highest BCUT2D eigenvalue weighted by molar-refractivity contribution is 5.30. The number of ether oxygens (including phenoxy) is 1. The minimum atomic E-state index is -0.0666. The van der Waals surface area contributed by atoms with Gasteiger partial charge in [-0.05, 0) is 38.1 Å². The summed E-state index contributed by atoms with van der Waals surface area (Å²) >= 11 is 0. The summed E-state index contributed by atoms with van der Waals surface area (Å²) in [5.41, 5.74) is 1.04. The van der Waals surface area contributed by atoms with E-state index in [2.05, 4.69) is 4.85 Å². The van der Waals surface area contributed by atoms with Crippen molar-refractivity contribution in [2.45, 2.75) is 32.9 Å². The molecule has 0 fully saturated rings. The molecular formula is C12H15NO. The van der Waals surface area contributed by atoms with Crippen LogP contribution in [0.15, 0.2) is 24.3 Å². The molecule has 1 aromatic carbocycles. The maximum atomic E-state index is 6.91. The van der Waals surface area contributed by atoms with Crippen LogP contribution < -0.4 is 4.74 Å². The minimum Gasteiger partial charge on any atom is -0.491 e. The van der Waals surface area contributed by atoms with Gasteiger partial charge in [-0.2, -0.15) is 0 Å². The van der Waals surface area contributed by atoms with Gasteiger partial charge in [-0.1, -0.05) is 0 Å². The van der Waals surface area contributed by atoms with Gasteiger partial charge < -0.3 is 9.58 Å². The average Bonchev–Trinajstić information content (AvgIpc) is 2.17. The van der Waals surface area contributed by atoms with Gasteiger partial charge in [-0.15, -0.1) is 0 Å². The molecule has 0 N–H and O–H groups in total. The predicted octanol–water partition coefficient (Wildman–Crippen LogP) is 3.45. The molecule has 0 heterocycles. The van der Waals surface area contributed by atoms with Crippen LogP contribution in [0.4, 0.5) is 0 Å². The number of benzene rings is 1. The highest BCUT2D eigenvalue weighted by Crippen LogP contribution is 2.20. The molecule has 0 bridgehead atoms. The Kier molecular flexibility index (Phi) is 3.53. The molecule has 0 aromatic heterocycles. The summed E-state index contributed by atoms with van der Waals surface area (Å²) in [7, 11) is 0. The Morgan fingerprint density at radius 2 is 1.71 bits per heavy atom. The van der Waals surface area contributed by atoms with E-state index in [1.54, 1.807) is 0 Å². The summed E-state index contributed by atoms with van der Waals surface area (Å²) in [5, 5.41) is 0. The van der Waals surface area contributed by atoms with E-state index in [0.717, 1.165) is 11.3 Å². The van der Waals surface area contributed by atoms with Gasteiger partial charge in [0.15, 0.2) is 0 Å². The number of rotatable bonds is 3. The topological polar surface area (TPSA) is 13.6 Å². The minimum absolute atomic E-state index is 0.0666. The van der Waals surface area contributed by atoms with E-state index in [1.165, 1.54) is 0 Å². The summed E-state index contributed by atoms with van der Waals surface area (Å²) in [5.74, 6) is 0.862. The zero-order valence-electron chi connectivity index (χ0n) is 8.82. The van der Waals surface area contributed by atoms with E-state index in [-0.39, 0.29) is 12.1 Å². The highest BCUT2D eigenvalue weighted by atomic mass is 16.5. The van der Waals surface area contributed by atoms with Crippen LogP contribution in [-0.2, 0) is 0 Å². The molecule has 1 aromatic rings. The van der Waals surface area contributed by atoms with E-state index in [4.69, 9.17) is 11.3 Å². The predicted molar refractivity (Wildman–Crippen MR) is 57.2 cm³/mol. The lowest BCUT2D eigenvalue weighted by atomic mass is 10.1. The molecule has 0 radical (unpaired) electrons. The first-order valence-corrected chi connectivity index (χ1v) is 4.76. The lowest BCUT2D eigenvalue weighted by Gasteiger charge is -2.09. The van der Waals surface area contributed by atoms with Crippen molar-refractivity contribution in [1.82, 2.24) is 0 Å². The van der Waals surface area contributed by atoms with Crippen LogP contribution in [0.25, 0.3) is 4.85 Å². The Morgan fingerprint density at radius 3 is 2.14 bits per heavy atom. The van der Waals surface area contributed by atoms with Crippen molar-refractivity contribution in [2.75, 3.05) is 0 Å². The van der Waals surface area contributed by atoms with Crippen molar-refractivity contribution in [1.29, 1.82) is 0 Å². The van der Waals surface area contributed by atoms with Gasteiger partial charge in [0.25, 0.3) is 0 Å². The zero-order valence-corrected chi connectivity index (χ0v) is 8.82. The summed E-state index contributed by atoms with van der Waals surface area (Å²) in [6, 6.07) is 7.65. The Labute approximate surface area is 85.3 Å². The fourth-order valence-electron chi connectivity index (χ4n) is 1.17. The van der Waals surface area contributed by atoms with E-state index < -0.39 is 0 Å². The third kappa shape index (κ3) is 2.77. The molecule has 0 aliphatic heterocycles. The molecule has 0 aliphatic carbocycles. The molecule has 1 unspecified atom stereocenters. The van der Waals surface area contributed by atoms with Crippen LogP contribution in [0.2, 0.25) is 0 Å². The molecule has 0 spiro atoms. The second-order valence-corrected chi connectivity index (χ2v) is 3.54. The van der Waals surface area contributed by atoms with Gasteiger partial charge in [0, 0.05) is 12.5 Å². The van der Waals surface area contributed by atoms with Crippen molar-refractivity contribution in [3.8, 4) is 5.75 Å². The molecule has 0 saturated heterocycles. The highest BCUT2D eigenvalue weighted by Gasteiger charge is 2.07. The summed E-state index contributed by atoms with van der Waals surface area (Å²) in [6.07, 6.45) is 0.194. The van der Waals surface area contributed by atoms with Gasteiger partial charge >= 0.3 is 0 Å². The molecule has 14 heavy (non-hydrogen) atoms. The first-order valence-electron chi connectivity index (χ1n) is 4.76. The molecule has 0 saturated carbocycles. The first-order chi connectivity index (χ1) is 6.63. The van der Waals surface area contributed by atoms with Crippen LogP contribution in [0.5, 0.6) is 5.75 Å². The molecule has 1 rings (SSSR count). The SMILES string of the molecule is [C-]#[N+]C(C)c1ccc(OC(C)C)cc1. The van der Waals surface area contributed by atoms with Crippen molar-refractivity contribution >= 4 is 0 Å². The van der Waals surface area contributed by atoms with Gasteiger partial charge in [-0.25, -0.2) is 6.57 Å². The maximum Gasteiger partial charge on any atom is 0.245 e. The fourth-order valence-corrected chi connectivity index (χ4v) is 1.17. The Morgan fingerprint density at radius 1 is 1.14 bits per heavy atom. The van der Waals surface area contributed by atoms with Crippen molar-refractivity contribution < 1.29 is 4.74 Å².